The van der Waals surface area contributed by atoms with Crippen molar-refractivity contribution in [2.75, 3.05) is 20.3 Å². The first-order valence-electron chi connectivity index (χ1n) is 8.91. The predicted octanol–water partition coefficient (Wildman–Crippen LogP) is 2.42. The van der Waals surface area contributed by atoms with Gasteiger partial charge in [-0.15, -0.1) is 0 Å². The molecule has 148 valence electrons. The molecule has 1 aromatic carbocycles. The highest BCUT2D eigenvalue weighted by atomic mass is 19.1. The van der Waals surface area contributed by atoms with E-state index in [4.69, 9.17) is 14.2 Å². The summed E-state index contributed by atoms with van der Waals surface area (Å²) in [6.07, 6.45) is 3.01. The molecule has 0 radical (unpaired) electrons. The Kier molecular flexibility index (Phi) is 6.54. The number of carbonyl (C=O) groups is 2. The Morgan fingerprint density at radius 1 is 1.18 bits per heavy atom. The van der Waals surface area contributed by atoms with Crippen LogP contribution in [0.25, 0.3) is 0 Å². The Hall–Kier alpha value is -3.00. The fourth-order valence-corrected chi connectivity index (χ4v) is 2.81. The summed E-state index contributed by atoms with van der Waals surface area (Å²) in [6.45, 7) is 1.31. The number of benzene rings is 1. The number of halogens is 1. The molecule has 8 heteroatoms. The van der Waals surface area contributed by atoms with Crippen molar-refractivity contribution >= 4 is 11.9 Å². The molecule has 1 aliphatic heterocycles. The molecule has 2 aromatic rings. The van der Waals surface area contributed by atoms with Crippen LogP contribution in [0.2, 0.25) is 0 Å². The Labute approximate surface area is 161 Å². The van der Waals surface area contributed by atoms with E-state index in [0.29, 0.717) is 24.7 Å². The van der Waals surface area contributed by atoms with Crippen LogP contribution in [-0.4, -0.2) is 43.3 Å². The molecular formula is C20H21FN2O5. The summed E-state index contributed by atoms with van der Waals surface area (Å²) in [7, 11) is 1.22. The Morgan fingerprint density at radius 2 is 1.89 bits per heavy atom. The lowest BCUT2D eigenvalue weighted by molar-refractivity contribution is -0.143. The second-order valence-electron chi connectivity index (χ2n) is 6.30. The maximum absolute atomic E-state index is 13.1. The van der Waals surface area contributed by atoms with E-state index in [2.05, 4.69) is 10.3 Å². The first-order chi connectivity index (χ1) is 13.6. The van der Waals surface area contributed by atoms with Crippen molar-refractivity contribution in [3.63, 3.8) is 0 Å². The molecule has 2 heterocycles. The first kappa shape index (κ1) is 19.8. The zero-order chi connectivity index (χ0) is 19.9. The van der Waals surface area contributed by atoms with E-state index < -0.39 is 23.7 Å². The van der Waals surface area contributed by atoms with Crippen molar-refractivity contribution in [2.24, 2.45) is 0 Å². The molecule has 1 atom stereocenters. The molecule has 0 aliphatic carbocycles. The fourth-order valence-electron chi connectivity index (χ4n) is 2.81. The van der Waals surface area contributed by atoms with E-state index in [0.717, 1.165) is 12.8 Å². The zero-order valence-electron chi connectivity index (χ0n) is 15.4. The summed E-state index contributed by atoms with van der Waals surface area (Å²) in [5, 5.41) is 2.59. The van der Waals surface area contributed by atoms with Gasteiger partial charge in [-0.05, 0) is 23.8 Å². The summed E-state index contributed by atoms with van der Waals surface area (Å²) < 4.78 is 28.9. The third-order valence-electron chi connectivity index (χ3n) is 4.37. The Morgan fingerprint density at radius 3 is 2.50 bits per heavy atom. The van der Waals surface area contributed by atoms with E-state index in [9.17, 15) is 14.0 Å². The number of methoxy groups -OCH3 is 1. The average molecular weight is 388 g/mol. The van der Waals surface area contributed by atoms with Crippen molar-refractivity contribution < 1.29 is 28.2 Å². The quantitative estimate of drug-likeness (QED) is 0.765. The first-order valence-corrected chi connectivity index (χ1v) is 8.91. The normalized spacial score (nSPS) is 15.5. The van der Waals surface area contributed by atoms with Crippen LogP contribution in [0, 0.1) is 5.82 Å². The summed E-state index contributed by atoms with van der Waals surface area (Å²) in [5.74, 6) is -1.19. The minimum Gasteiger partial charge on any atom is -0.474 e. The van der Waals surface area contributed by atoms with Gasteiger partial charge in [0.2, 0.25) is 5.88 Å². The molecular weight excluding hydrogens is 367 g/mol. The van der Waals surface area contributed by atoms with Gasteiger partial charge in [0.1, 0.15) is 11.9 Å². The van der Waals surface area contributed by atoms with Gasteiger partial charge in [-0.25, -0.2) is 14.2 Å². The fraction of sp³-hybridized carbons (Fsp3) is 0.350. The molecule has 1 fully saturated rings. The van der Waals surface area contributed by atoms with Crippen molar-refractivity contribution in [2.45, 2.75) is 25.0 Å². The van der Waals surface area contributed by atoms with Crippen LogP contribution in [0.3, 0.4) is 0 Å². The highest BCUT2D eigenvalue weighted by Gasteiger charge is 2.24. The number of nitrogens with zero attached hydrogens (tertiary/aromatic N) is 1. The maximum Gasteiger partial charge on any atom is 0.333 e. The smallest absolute Gasteiger partial charge is 0.333 e. The number of carbonyl (C=O) groups excluding carboxylic acids is 2. The molecule has 3 rings (SSSR count). The highest BCUT2D eigenvalue weighted by molar-refractivity contribution is 5.96. The maximum atomic E-state index is 13.1. The van der Waals surface area contributed by atoms with E-state index >= 15 is 0 Å². The lowest BCUT2D eigenvalue weighted by atomic mass is 10.1. The van der Waals surface area contributed by atoms with Gasteiger partial charge < -0.3 is 19.5 Å². The molecule has 0 spiro atoms. The Bertz CT molecular complexity index is 804. The van der Waals surface area contributed by atoms with Crippen molar-refractivity contribution in [1.82, 2.24) is 10.3 Å². The van der Waals surface area contributed by atoms with Gasteiger partial charge in [0.15, 0.2) is 6.04 Å². The summed E-state index contributed by atoms with van der Waals surface area (Å²) in [5.41, 5.74) is 0.671. The molecule has 0 saturated carbocycles. The van der Waals surface area contributed by atoms with Gasteiger partial charge in [-0.1, -0.05) is 12.1 Å². The molecule has 1 amide bonds. The molecule has 28 heavy (non-hydrogen) atoms. The number of ether oxygens (including phenoxy) is 3. The number of esters is 1. The van der Waals surface area contributed by atoms with Crippen LogP contribution >= 0.6 is 0 Å². The lowest BCUT2D eigenvalue weighted by Crippen LogP contribution is -2.34. The number of hydrogen-bond donors (Lipinski definition) is 1. The van der Waals surface area contributed by atoms with E-state index in [1.165, 1.54) is 37.6 Å². The SMILES string of the molecule is COC(=O)C(NC(=O)c1ccc(OC2CCOCC2)nc1)c1ccc(F)cc1. The van der Waals surface area contributed by atoms with Gasteiger partial charge in [0.05, 0.1) is 25.9 Å². The molecule has 7 nitrogen and oxygen atoms in total. The molecule has 1 N–H and O–H groups in total. The van der Waals surface area contributed by atoms with Crippen LogP contribution in [0.15, 0.2) is 42.6 Å². The van der Waals surface area contributed by atoms with E-state index in [1.54, 1.807) is 12.1 Å². The number of hydrogen-bond acceptors (Lipinski definition) is 6. The number of nitrogens with one attached hydrogen (secondary N) is 1. The van der Waals surface area contributed by atoms with E-state index in [-0.39, 0.29) is 11.7 Å². The monoisotopic (exact) mass is 388 g/mol. The topological polar surface area (TPSA) is 86.8 Å². The van der Waals surface area contributed by atoms with Crippen LogP contribution in [0.4, 0.5) is 4.39 Å². The van der Waals surface area contributed by atoms with Crippen molar-refractivity contribution in [1.29, 1.82) is 0 Å². The number of amides is 1. The minimum absolute atomic E-state index is 0.0445. The second-order valence-corrected chi connectivity index (χ2v) is 6.30. The van der Waals surface area contributed by atoms with E-state index in [1.807, 2.05) is 0 Å². The standard InChI is InChI=1S/C20H21FN2O5/c1-26-20(25)18(13-2-5-15(21)6-3-13)23-19(24)14-4-7-17(22-12-14)28-16-8-10-27-11-9-16/h2-7,12,16,18H,8-11H2,1H3,(H,23,24). The lowest BCUT2D eigenvalue weighted by Gasteiger charge is -2.22. The number of pyridine rings is 1. The second kappa shape index (κ2) is 9.27. The molecule has 1 aromatic heterocycles. The number of aromatic nitrogens is 1. The predicted molar refractivity (Wildman–Crippen MR) is 97.3 cm³/mol. The molecule has 1 aliphatic rings. The summed E-state index contributed by atoms with van der Waals surface area (Å²) in [6, 6.07) is 7.37. The average Bonchev–Trinajstić information content (AvgIpc) is 2.73. The summed E-state index contributed by atoms with van der Waals surface area (Å²) in [4.78, 5) is 28.8. The summed E-state index contributed by atoms with van der Waals surface area (Å²) >= 11 is 0. The van der Waals surface area contributed by atoms with Crippen molar-refractivity contribution in [3.8, 4) is 5.88 Å². The highest BCUT2D eigenvalue weighted by Crippen LogP contribution is 2.18. The van der Waals surface area contributed by atoms with Gasteiger partial charge >= 0.3 is 5.97 Å². The zero-order valence-corrected chi connectivity index (χ0v) is 15.4. The van der Waals surface area contributed by atoms with Crippen LogP contribution in [0.1, 0.15) is 34.8 Å². The molecule has 1 saturated heterocycles. The van der Waals surface area contributed by atoms with Gasteiger partial charge in [-0.2, -0.15) is 0 Å². The third kappa shape index (κ3) is 5.04. The van der Waals surface area contributed by atoms with Crippen LogP contribution < -0.4 is 10.1 Å². The van der Waals surface area contributed by atoms with Crippen LogP contribution in [0.5, 0.6) is 5.88 Å². The Balaban J connectivity index is 1.67. The molecule has 0 bridgehead atoms. The minimum atomic E-state index is -1.06. The van der Waals surface area contributed by atoms with Crippen molar-refractivity contribution in [3.05, 3.63) is 59.5 Å². The van der Waals surface area contributed by atoms with Gasteiger partial charge in [0, 0.05) is 25.1 Å². The van der Waals surface area contributed by atoms with Gasteiger partial charge in [0.25, 0.3) is 5.91 Å². The number of rotatable bonds is 6. The third-order valence-corrected chi connectivity index (χ3v) is 4.37. The van der Waals surface area contributed by atoms with Gasteiger partial charge in [-0.3, -0.25) is 4.79 Å². The van der Waals surface area contributed by atoms with Crippen LogP contribution in [-0.2, 0) is 14.3 Å². The molecule has 1 unspecified atom stereocenters. The largest absolute Gasteiger partial charge is 0.474 e.